The lowest BCUT2D eigenvalue weighted by Gasteiger charge is -2.19. The second kappa shape index (κ2) is 12.6. The molecule has 0 spiro atoms. The molecule has 2 aromatic heterocycles. The van der Waals surface area contributed by atoms with Gasteiger partial charge in [-0.05, 0) is 165 Å². The molecule has 0 unspecified atom stereocenters. The Morgan fingerprint density at radius 3 is 1.79 bits per heavy atom. The highest BCUT2D eigenvalue weighted by atomic mass is 15.0. The van der Waals surface area contributed by atoms with Gasteiger partial charge in [-0.2, -0.15) is 0 Å². The van der Waals surface area contributed by atoms with Crippen molar-refractivity contribution in [3.63, 3.8) is 0 Å². The molecule has 12 rings (SSSR count). The summed E-state index contributed by atoms with van der Waals surface area (Å²) in [6.07, 6.45) is 3.94. The van der Waals surface area contributed by atoms with E-state index in [1.54, 1.807) is 0 Å². The molecule has 0 fully saturated rings. The number of para-hydroxylation sites is 1. The summed E-state index contributed by atoms with van der Waals surface area (Å²) in [4.78, 5) is 3.88. The van der Waals surface area contributed by atoms with Crippen LogP contribution < -0.4 is 0 Å². The zero-order chi connectivity index (χ0) is 37.6. The predicted molar refractivity (Wildman–Crippen MR) is 242 cm³/mol. The Balaban J connectivity index is 1.01. The number of hydrogen-bond donors (Lipinski definition) is 1. The highest BCUT2D eigenvalue weighted by Gasteiger charge is 2.22. The van der Waals surface area contributed by atoms with Crippen molar-refractivity contribution >= 4 is 65.2 Å². The molecule has 11 aromatic rings. The monoisotopic (exact) mass is 728 g/mol. The SMILES string of the molecule is Cc1c2cc3c4cc(-c5ccc6ccccc6c5)ccc4n(-c4ccccc4)c3c1CCc1cc(c3[nH]c4ccc(-c5ccc6ccccc6c5)cc4c3c1)CC2. The van der Waals surface area contributed by atoms with Gasteiger partial charge in [0.05, 0.1) is 11.0 Å². The third-order valence-electron chi connectivity index (χ3n) is 12.9. The maximum atomic E-state index is 3.88. The molecule has 1 N–H and O–H groups in total. The fourth-order valence-electron chi connectivity index (χ4n) is 9.94. The maximum absolute atomic E-state index is 3.88. The summed E-state index contributed by atoms with van der Waals surface area (Å²) >= 11 is 0. The molecular formula is C55H40N2. The summed E-state index contributed by atoms with van der Waals surface area (Å²) in [5.41, 5.74) is 18.5. The first kappa shape index (κ1) is 32.4. The minimum Gasteiger partial charge on any atom is -0.354 e. The van der Waals surface area contributed by atoms with Crippen LogP contribution >= 0.6 is 0 Å². The van der Waals surface area contributed by atoms with E-state index in [-0.39, 0.29) is 0 Å². The molecule has 2 heteroatoms. The number of H-pyrrole nitrogens is 1. The highest BCUT2D eigenvalue weighted by Crippen LogP contribution is 2.41. The molecule has 2 nitrogen and oxygen atoms in total. The van der Waals surface area contributed by atoms with Crippen molar-refractivity contribution in [2.75, 3.05) is 0 Å². The minimum atomic E-state index is 0.979. The lowest BCUT2D eigenvalue weighted by atomic mass is 9.88. The molecule has 4 bridgehead atoms. The average molecular weight is 729 g/mol. The molecule has 57 heavy (non-hydrogen) atoms. The highest BCUT2D eigenvalue weighted by molar-refractivity contribution is 6.13. The van der Waals surface area contributed by atoms with Crippen LogP contribution in [-0.4, -0.2) is 9.55 Å². The third-order valence-corrected chi connectivity index (χ3v) is 12.9. The number of aryl methyl sites for hydroxylation is 4. The van der Waals surface area contributed by atoms with Crippen LogP contribution in [0.2, 0.25) is 0 Å². The molecule has 0 saturated heterocycles. The molecule has 1 aliphatic rings. The first-order valence-electron chi connectivity index (χ1n) is 20.3. The Hall–Kier alpha value is -6.90. The second-order valence-corrected chi connectivity index (χ2v) is 16.1. The van der Waals surface area contributed by atoms with Crippen molar-refractivity contribution in [1.29, 1.82) is 0 Å². The van der Waals surface area contributed by atoms with Crippen LogP contribution in [-0.2, 0) is 25.7 Å². The lowest BCUT2D eigenvalue weighted by molar-refractivity contribution is 0.897. The van der Waals surface area contributed by atoms with Gasteiger partial charge in [0.1, 0.15) is 0 Å². The topological polar surface area (TPSA) is 20.7 Å². The van der Waals surface area contributed by atoms with Crippen LogP contribution in [0.4, 0.5) is 0 Å². The van der Waals surface area contributed by atoms with Gasteiger partial charge >= 0.3 is 0 Å². The number of nitrogens with zero attached hydrogens (tertiary/aromatic N) is 1. The molecule has 0 saturated carbocycles. The Morgan fingerprint density at radius 2 is 1.05 bits per heavy atom. The summed E-state index contributed by atoms with van der Waals surface area (Å²) in [7, 11) is 0. The second-order valence-electron chi connectivity index (χ2n) is 16.1. The summed E-state index contributed by atoms with van der Waals surface area (Å²) in [5, 5.41) is 10.4. The molecule has 1 aliphatic carbocycles. The fraction of sp³-hybridized carbons (Fsp3) is 0.0909. The van der Waals surface area contributed by atoms with E-state index in [9.17, 15) is 0 Å². The van der Waals surface area contributed by atoms with Crippen LogP contribution in [0.5, 0.6) is 0 Å². The van der Waals surface area contributed by atoms with Gasteiger partial charge in [-0.25, -0.2) is 0 Å². The molecule has 0 atom stereocenters. The van der Waals surface area contributed by atoms with E-state index < -0.39 is 0 Å². The summed E-state index contributed by atoms with van der Waals surface area (Å²) in [5.74, 6) is 0. The number of aromatic nitrogens is 2. The Labute approximate surface area is 331 Å². The number of benzene rings is 9. The quantitative estimate of drug-likeness (QED) is 0.187. The summed E-state index contributed by atoms with van der Waals surface area (Å²) in [6, 6.07) is 63.5. The zero-order valence-corrected chi connectivity index (χ0v) is 31.9. The molecule has 270 valence electrons. The van der Waals surface area contributed by atoms with Crippen LogP contribution in [0.1, 0.15) is 27.8 Å². The van der Waals surface area contributed by atoms with Crippen molar-refractivity contribution < 1.29 is 0 Å². The number of fused-ring (bicyclic) bond motifs is 14. The van der Waals surface area contributed by atoms with E-state index in [0.717, 1.165) is 25.7 Å². The normalized spacial score (nSPS) is 13.1. The fourth-order valence-corrected chi connectivity index (χ4v) is 9.94. The van der Waals surface area contributed by atoms with Crippen LogP contribution in [0, 0.1) is 6.92 Å². The van der Waals surface area contributed by atoms with Crippen molar-refractivity contribution in [2.24, 2.45) is 0 Å². The average Bonchev–Trinajstić information content (AvgIpc) is 3.79. The Bertz CT molecular complexity index is 3410. The lowest BCUT2D eigenvalue weighted by Crippen LogP contribution is -2.06. The number of nitrogens with one attached hydrogen (secondary N) is 1. The number of aromatic amines is 1. The largest absolute Gasteiger partial charge is 0.354 e. The molecular weight excluding hydrogens is 689 g/mol. The number of hydrogen-bond acceptors (Lipinski definition) is 0. The predicted octanol–water partition coefficient (Wildman–Crippen LogP) is 14.3. The van der Waals surface area contributed by atoms with Crippen molar-refractivity contribution in [3.05, 3.63) is 198 Å². The smallest absolute Gasteiger partial charge is 0.0576 e. The van der Waals surface area contributed by atoms with E-state index in [0.29, 0.717) is 0 Å². The van der Waals surface area contributed by atoms with Gasteiger partial charge in [-0.3, -0.25) is 0 Å². The Morgan fingerprint density at radius 1 is 0.439 bits per heavy atom. The van der Waals surface area contributed by atoms with E-state index in [2.05, 4.69) is 186 Å². The maximum Gasteiger partial charge on any atom is 0.0576 e. The van der Waals surface area contributed by atoms with E-state index in [1.807, 2.05) is 0 Å². The van der Waals surface area contributed by atoms with E-state index in [1.165, 1.54) is 121 Å². The standard InChI is InChI=1S/C55H40N2/c1-34-38-18-21-45-27-35(28-50-48-32-43(22-25-52(48)56-54(45)50)41-19-16-36-9-5-7-11-39(36)29-41)15-24-47(34)55-51(31-38)49-33-44(42-20-17-37-10-6-8-12-40(37)30-42)23-26-53(49)57(55)46-13-3-2-4-14-46/h2-14,16-17,19-20,22-23,25-33,56H,15,18,21,24H2,1H3. The molecule has 0 aliphatic heterocycles. The summed E-state index contributed by atoms with van der Waals surface area (Å²) in [6.45, 7) is 2.38. The van der Waals surface area contributed by atoms with Gasteiger partial charge in [-0.15, -0.1) is 0 Å². The van der Waals surface area contributed by atoms with Gasteiger partial charge < -0.3 is 9.55 Å². The molecule has 9 aromatic carbocycles. The Kier molecular flexibility index (Phi) is 7.13. The molecule has 0 radical (unpaired) electrons. The number of rotatable bonds is 3. The van der Waals surface area contributed by atoms with Crippen molar-refractivity contribution in [1.82, 2.24) is 9.55 Å². The summed E-state index contributed by atoms with van der Waals surface area (Å²) < 4.78 is 2.54. The third kappa shape index (κ3) is 5.17. The van der Waals surface area contributed by atoms with Gasteiger partial charge in [0.2, 0.25) is 0 Å². The van der Waals surface area contributed by atoms with Crippen LogP contribution in [0.3, 0.4) is 0 Å². The van der Waals surface area contributed by atoms with E-state index >= 15 is 0 Å². The minimum absolute atomic E-state index is 0.979. The zero-order valence-electron chi connectivity index (χ0n) is 31.9. The van der Waals surface area contributed by atoms with Crippen molar-refractivity contribution in [3.8, 4) is 27.9 Å². The molecule has 2 heterocycles. The van der Waals surface area contributed by atoms with Crippen molar-refractivity contribution in [2.45, 2.75) is 32.6 Å². The van der Waals surface area contributed by atoms with Crippen LogP contribution in [0.25, 0.3) is 93.1 Å². The van der Waals surface area contributed by atoms with E-state index in [4.69, 9.17) is 0 Å². The van der Waals surface area contributed by atoms with Gasteiger partial charge in [0.15, 0.2) is 0 Å². The molecule has 0 amide bonds. The first-order valence-corrected chi connectivity index (χ1v) is 20.3. The van der Waals surface area contributed by atoms with Gasteiger partial charge in [-0.1, -0.05) is 109 Å². The first-order chi connectivity index (χ1) is 28.1. The van der Waals surface area contributed by atoms with Crippen LogP contribution in [0.15, 0.2) is 170 Å². The van der Waals surface area contributed by atoms with Gasteiger partial charge in [0, 0.05) is 38.3 Å². The van der Waals surface area contributed by atoms with Gasteiger partial charge in [0.25, 0.3) is 0 Å².